The molecule has 11 nitrogen and oxygen atoms in total. The fraction of sp³-hybridized carbons (Fsp3) is 0.500. The summed E-state index contributed by atoms with van der Waals surface area (Å²) in [6.45, 7) is 11.5. The molecule has 8 rings (SSSR count). The summed E-state index contributed by atoms with van der Waals surface area (Å²) in [6.07, 6.45) is 3.57. The van der Waals surface area contributed by atoms with Gasteiger partial charge in [0.1, 0.15) is 24.1 Å². The summed E-state index contributed by atoms with van der Waals surface area (Å²) < 4.78 is 11.6. The number of carbonyl (C=O) groups excluding carboxylic acids is 1. The Morgan fingerprint density at radius 1 is 1.05 bits per heavy atom. The van der Waals surface area contributed by atoms with Crippen LogP contribution < -0.4 is 25.3 Å². The Hall–Kier alpha value is -3.96. The molecule has 5 aliphatic heterocycles. The van der Waals surface area contributed by atoms with Gasteiger partial charge in [-0.15, -0.1) is 0 Å². The first-order valence-electron chi connectivity index (χ1n) is 15.3. The van der Waals surface area contributed by atoms with Crippen molar-refractivity contribution in [1.29, 1.82) is 0 Å². The third-order valence-corrected chi connectivity index (χ3v) is 9.92. The van der Waals surface area contributed by atoms with Crippen LogP contribution in [-0.4, -0.2) is 77.1 Å². The Labute approximate surface area is 251 Å². The van der Waals surface area contributed by atoms with E-state index in [0.29, 0.717) is 37.1 Å². The first kappa shape index (κ1) is 26.7. The Balaban J connectivity index is 1.13. The van der Waals surface area contributed by atoms with Gasteiger partial charge in [-0.1, -0.05) is 13.0 Å². The summed E-state index contributed by atoms with van der Waals surface area (Å²) in [6, 6.07) is 15.5. The Morgan fingerprint density at radius 3 is 2.53 bits per heavy atom. The highest BCUT2D eigenvalue weighted by Gasteiger charge is 2.55. The number of amides is 1. The van der Waals surface area contributed by atoms with Gasteiger partial charge in [-0.3, -0.25) is 4.90 Å². The molecule has 4 fully saturated rings. The van der Waals surface area contributed by atoms with Crippen LogP contribution in [-0.2, 0) is 14.9 Å². The Kier molecular flexibility index (Phi) is 5.90. The highest BCUT2D eigenvalue weighted by atomic mass is 16.6. The van der Waals surface area contributed by atoms with Crippen LogP contribution in [0.15, 0.2) is 48.7 Å². The molecule has 0 radical (unpaired) electrons. The summed E-state index contributed by atoms with van der Waals surface area (Å²) in [5.41, 5.74) is 2.59. The number of nitrogens with one attached hydrogen (secondary N) is 2. The van der Waals surface area contributed by atoms with Gasteiger partial charge in [0, 0.05) is 53.7 Å². The van der Waals surface area contributed by atoms with E-state index < -0.39 is 0 Å². The van der Waals surface area contributed by atoms with Crippen molar-refractivity contribution in [1.82, 2.24) is 20.3 Å². The zero-order valence-electron chi connectivity index (χ0n) is 25.1. The topological polar surface area (TPSA) is 108 Å². The van der Waals surface area contributed by atoms with Gasteiger partial charge in [0.15, 0.2) is 0 Å². The highest BCUT2D eigenvalue weighted by Crippen LogP contribution is 2.53. The second kappa shape index (κ2) is 9.52. The number of carbonyl (C=O) groups is 1. The minimum Gasteiger partial charge on any atom is -0.447 e. The molecule has 4 saturated heterocycles. The number of fused-ring (bicyclic) bond motifs is 5. The lowest BCUT2D eigenvalue weighted by atomic mass is 9.73. The van der Waals surface area contributed by atoms with E-state index in [4.69, 9.17) is 24.4 Å². The van der Waals surface area contributed by atoms with Crippen molar-refractivity contribution < 1.29 is 14.3 Å². The van der Waals surface area contributed by atoms with Crippen LogP contribution in [0.3, 0.4) is 0 Å². The molecule has 2 aromatic heterocycles. The smallest absolute Gasteiger partial charge is 0.415 e. The SMILES string of the molecule is C[C@H]1COC(=O)N1c1cccc(N2c3nc(Nc4ccc(N5C[C@H]6C[C@@H]5CN6)cc4)ncc3[C@@]3(C)COC(C)(C)C[C@@H]23)n1. The van der Waals surface area contributed by atoms with Crippen molar-refractivity contribution in [2.75, 3.05) is 46.3 Å². The number of aromatic nitrogens is 3. The van der Waals surface area contributed by atoms with E-state index in [2.05, 4.69) is 65.5 Å². The minimum atomic E-state index is -0.371. The molecule has 224 valence electrons. The van der Waals surface area contributed by atoms with Crippen LogP contribution in [0.4, 0.5) is 39.6 Å². The first-order valence-corrected chi connectivity index (χ1v) is 15.3. The number of nitrogens with zero attached hydrogens (tertiary/aromatic N) is 6. The van der Waals surface area contributed by atoms with Crippen LogP contribution >= 0.6 is 0 Å². The maximum absolute atomic E-state index is 12.5. The normalized spacial score (nSPS) is 30.4. The van der Waals surface area contributed by atoms with Gasteiger partial charge in [0.25, 0.3) is 0 Å². The molecular formula is C32H38N8O3. The number of cyclic esters (lactones) is 1. The lowest BCUT2D eigenvalue weighted by Gasteiger charge is -2.46. The second-order valence-corrected chi connectivity index (χ2v) is 13.5. The number of pyridine rings is 1. The first-order chi connectivity index (χ1) is 20.7. The molecule has 5 aliphatic rings. The van der Waals surface area contributed by atoms with Crippen molar-refractivity contribution in [3.63, 3.8) is 0 Å². The number of hydrogen-bond donors (Lipinski definition) is 2. The largest absolute Gasteiger partial charge is 0.447 e. The van der Waals surface area contributed by atoms with E-state index in [1.54, 1.807) is 4.90 Å². The lowest BCUT2D eigenvalue weighted by molar-refractivity contribution is -0.0893. The summed E-state index contributed by atoms with van der Waals surface area (Å²) in [5.74, 6) is 2.64. The van der Waals surface area contributed by atoms with Gasteiger partial charge >= 0.3 is 6.09 Å². The van der Waals surface area contributed by atoms with Gasteiger partial charge in [-0.25, -0.2) is 14.8 Å². The van der Waals surface area contributed by atoms with Gasteiger partial charge in [-0.2, -0.15) is 4.98 Å². The molecule has 1 aromatic carbocycles. The van der Waals surface area contributed by atoms with E-state index >= 15 is 0 Å². The average Bonchev–Trinajstić information content (AvgIpc) is 3.76. The summed E-state index contributed by atoms with van der Waals surface area (Å²) in [7, 11) is 0. The van der Waals surface area contributed by atoms with Crippen LogP contribution in [0.2, 0.25) is 0 Å². The molecule has 0 unspecified atom stereocenters. The zero-order valence-corrected chi connectivity index (χ0v) is 25.1. The van der Waals surface area contributed by atoms with Crippen molar-refractivity contribution >= 4 is 40.9 Å². The van der Waals surface area contributed by atoms with E-state index in [1.165, 1.54) is 12.1 Å². The number of anilines is 6. The minimum absolute atomic E-state index is 0.0473. The molecule has 5 atom stereocenters. The number of piperazine rings is 1. The molecular weight excluding hydrogens is 544 g/mol. The fourth-order valence-corrected chi connectivity index (χ4v) is 7.52. The van der Waals surface area contributed by atoms with Gasteiger partial charge < -0.3 is 29.9 Å². The quantitative estimate of drug-likeness (QED) is 0.447. The van der Waals surface area contributed by atoms with E-state index in [-0.39, 0.29) is 29.2 Å². The highest BCUT2D eigenvalue weighted by molar-refractivity contribution is 5.89. The average molecular weight is 583 g/mol. The Morgan fingerprint density at radius 2 is 1.84 bits per heavy atom. The van der Waals surface area contributed by atoms with Crippen molar-refractivity contribution in [2.45, 2.75) is 75.7 Å². The maximum atomic E-state index is 12.5. The second-order valence-electron chi connectivity index (χ2n) is 13.5. The van der Waals surface area contributed by atoms with E-state index in [9.17, 15) is 4.79 Å². The number of ether oxygens (including phenoxy) is 2. The van der Waals surface area contributed by atoms with Crippen LogP contribution in [0.1, 0.15) is 46.1 Å². The molecule has 7 heterocycles. The number of hydrogen-bond acceptors (Lipinski definition) is 10. The molecule has 11 heteroatoms. The standard InChI is InChI=1S/C32H38N8O3/c1-19-17-42-30(41)39(19)26-6-5-7-27(36-26)40-25-13-31(2,3)43-18-32(25,4)24-15-34-29(37-28(24)40)35-20-8-10-22(11-9-20)38-16-21-12-23(38)14-33-21/h5-11,15,19,21,23,25,33H,12-14,16-18H2,1-4H3,(H,34,35,37)/t19-,21+,23+,25+,32+/m0/s1. The molecule has 0 aliphatic carbocycles. The molecule has 2 bridgehead atoms. The van der Waals surface area contributed by atoms with Crippen LogP contribution in [0.5, 0.6) is 0 Å². The van der Waals surface area contributed by atoms with Gasteiger partial charge in [0.2, 0.25) is 5.95 Å². The lowest BCUT2D eigenvalue weighted by Crippen LogP contribution is -2.54. The van der Waals surface area contributed by atoms with Crippen molar-refractivity contribution in [2.24, 2.45) is 0 Å². The number of rotatable bonds is 5. The summed E-state index contributed by atoms with van der Waals surface area (Å²) in [4.78, 5) is 33.7. The zero-order chi connectivity index (χ0) is 29.5. The molecule has 43 heavy (non-hydrogen) atoms. The van der Waals surface area contributed by atoms with Crippen molar-refractivity contribution in [3.8, 4) is 0 Å². The number of benzene rings is 1. The van der Waals surface area contributed by atoms with E-state index in [1.807, 2.05) is 31.3 Å². The van der Waals surface area contributed by atoms with Crippen molar-refractivity contribution in [3.05, 3.63) is 54.2 Å². The molecule has 2 N–H and O–H groups in total. The van der Waals surface area contributed by atoms with Crippen LogP contribution in [0.25, 0.3) is 0 Å². The fourth-order valence-electron chi connectivity index (χ4n) is 7.52. The Bertz CT molecular complexity index is 1580. The monoisotopic (exact) mass is 582 g/mol. The third-order valence-electron chi connectivity index (χ3n) is 9.92. The predicted octanol–water partition coefficient (Wildman–Crippen LogP) is 4.49. The molecule has 0 spiro atoms. The predicted molar refractivity (Wildman–Crippen MR) is 165 cm³/mol. The van der Waals surface area contributed by atoms with Gasteiger partial charge in [0.05, 0.1) is 24.3 Å². The van der Waals surface area contributed by atoms with Gasteiger partial charge in [-0.05, 0) is 70.0 Å². The summed E-state index contributed by atoms with van der Waals surface area (Å²) >= 11 is 0. The third kappa shape index (κ3) is 4.31. The molecule has 0 saturated carbocycles. The summed E-state index contributed by atoms with van der Waals surface area (Å²) in [5, 5.41) is 7.01. The van der Waals surface area contributed by atoms with E-state index in [0.717, 1.165) is 42.4 Å². The maximum Gasteiger partial charge on any atom is 0.415 e. The van der Waals surface area contributed by atoms with Crippen LogP contribution in [0, 0.1) is 0 Å². The molecule has 3 aromatic rings. The molecule has 1 amide bonds.